The fraction of sp³-hybridized carbons (Fsp3) is 0.0833. The van der Waals surface area contributed by atoms with Gasteiger partial charge in [-0.15, -0.1) is 0 Å². The number of hydrogen-bond acceptors (Lipinski definition) is 5. The molecule has 0 amide bonds. The molecule has 1 N–H and O–H groups in total. The molecule has 0 radical (unpaired) electrons. The second-order valence-electron chi connectivity index (χ2n) is 3.52. The zero-order valence-electron chi connectivity index (χ0n) is 9.85. The summed E-state index contributed by atoms with van der Waals surface area (Å²) in [7, 11) is 1.55. The van der Waals surface area contributed by atoms with Crippen LogP contribution in [-0.4, -0.2) is 23.4 Å². The zero-order valence-corrected chi connectivity index (χ0v) is 11.4. The van der Waals surface area contributed by atoms with Crippen molar-refractivity contribution in [1.82, 2.24) is 9.97 Å². The number of nitrogens with one attached hydrogen (secondary N) is 1. The molecular weight excluding hydrogens is 289 g/mol. The molecule has 0 unspecified atom stereocenters. The van der Waals surface area contributed by atoms with Crippen LogP contribution in [0.15, 0.2) is 24.5 Å². The van der Waals surface area contributed by atoms with E-state index in [0.717, 1.165) is 0 Å². The Kier molecular flexibility index (Phi) is 4.19. The molecule has 19 heavy (non-hydrogen) atoms. The van der Waals surface area contributed by atoms with Crippen molar-refractivity contribution >= 4 is 41.0 Å². The molecule has 2 aromatic rings. The van der Waals surface area contributed by atoms with E-state index in [1.165, 1.54) is 6.33 Å². The van der Waals surface area contributed by atoms with Gasteiger partial charge in [0.2, 0.25) is 0 Å². The van der Waals surface area contributed by atoms with Gasteiger partial charge in [0.25, 0.3) is 0 Å². The average molecular weight is 298 g/mol. The van der Waals surface area contributed by atoms with E-state index in [1.54, 1.807) is 25.3 Å². The summed E-state index contributed by atoms with van der Waals surface area (Å²) in [5, 5.41) is 3.47. The van der Waals surface area contributed by atoms with E-state index in [1.807, 2.05) is 0 Å². The monoisotopic (exact) mass is 297 g/mol. The van der Waals surface area contributed by atoms with Crippen LogP contribution in [0.25, 0.3) is 0 Å². The SMILES string of the molecule is COc1ccc(Cl)c(Nc2ncnc(Cl)c2C=O)c1. The first-order valence-corrected chi connectivity index (χ1v) is 5.97. The third-order valence-electron chi connectivity index (χ3n) is 2.38. The lowest BCUT2D eigenvalue weighted by Gasteiger charge is -2.11. The van der Waals surface area contributed by atoms with Crippen LogP contribution in [0.5, 0.6) is 5.75 Å². The van der Waals surface area contributed by atoms with E-state index in [4.69, 9.17) is 27.9 Å². The fourth-order valence-corrected chi connectivity index (χ4v) is 1.78. The van der Waals surface area contributed by atoms with Gasteiger partial charge in [0, 0.05) is 6.07 Å². The predicted octanol–water partition coefficient (Wildman–Crippen LogP) is 3.35. The largest absolute Gasteiger partial charge is 0.497 e. The van der Waals surface area contributed by atoms with Gasteiger partial charge in [0.1, 0.15) is 23.0 Å². The number of nitrogens with zero attached hydrogens (tertiary/aromatic N) is 2. The summed E-state index contributed by atoms with van der Waals surface area (Å²) < 4.78 is 5.10. The summed E-state index contributed by atoms with van der Waals surface area (Å²) in [6.07, 6.45) is 1.84. The lowest BCUT2D eigenvalue weighted by Crippen LogP contribution is -2.01. The van der Waals surface area contributed by atoms with E-state index >= 15 is 0 Å². The van der Waals surface area contributed by atoms with Gasteiger partial charge in [0.05, 0.1) is 23.4 Å². The third kappa shape index (κ3) is 2.94. The van der Waals surface area contributed by atoms with Crippen molar-refractivity contribution < 1.29 is 9.53 Å². The highest BCUT2D eigenvalue weighted by atomic mass is 35.5. The summed E-state index contributed by atoms with van der Waals surface area (Å²) in [6.45, 7) is 0. The maximum atomic E-state index is 11.0. The number of aromatic nitrogens is 2. The number of halogens is 2. The van der Waals surface area contributed by atoms with Crippen LogP contribution in [0.3, 0.4) is 0 Å². The van der Waals surface area contributed by atoms with Crippen molar-refractivity contribution in [3.8, 4) is 5.75 Å². The zero-order chi connectivity index (χ0) is 13.8. The first kappa shape index (κ1) is 13.6. The molecule has 1 heterocycles. The molecule has 1 aromatic heterocycles. The quantitative estimate of drug-likeness (QED) is 0.692. The van der Waals surface area contributed by atoms with E-state index in [9.17, 15) is 4.79 Å². The minimum absolute atomic E-state index is 0.0755. The van der Waals surface area contributed by atoms with Gasteiger partial charge in [-0.1, -0.05) is 23.2 Å². The van der Waals surface area contributed by atoms with Crippen LogP contribution >= 0.6 is 23.2 Å². The standard InChI is InChI=1S/C12H9Cl2N3O2/c1-19-7-2-3-9(13)10(4-7)17-12-8(5-18)11(14)15-6-16-12/h2-6H,1H3,(H,15,16,17). The van der Waals surface area contributed by atoms with E-state index in [-0.39, 0.29) is 16.5 Å². The highest BCUT2D eigenvalue weighted by Crippen LogP contribution is 2.30. The van der Waals surface area contributed by atoms with Crippen molar-refractivity contribution in [2.24, 2.45) is 0 Å². The molecule has 5 nitrogen and oxygen atoms in total. The summed E-state index contributed by atoms with van der Waals surface area (Å²) in [5.74, 6) is 0.907. The van der Waals surface area contributed by atoms with Gasteiger partial charge in [-0.05, 0) is 12.1 Å². The van der Waals surface area contributed by atoms with E-state index in [2.05, 4.69) is 15.3 Å². The van der Waals surface area contributed by atoms with Crippen LogP contribution in [-0.2, 0) is 0 Å². The second-order valence-corrected chi connectivity index (χ2v) is 4.28. The Hall–Kier alpha value is -1.85. The molecule has 0 spiro atoms. The molecule has 98 valence electrons. The molecule has 0 saturated carbocycles. The lowest BCUT2D eigenvalue weighted by molar-refractivity contribution is 0.112. The highest BCUT2D eigenvalue weighted by Gasteiger charge is 2.11. The maximum absolute atomic E-state index is 11.0. The topological polar surface area (TPSA) is 64.1 Å². The third-order valence-corrected chi connectivity index (χ3v) is 3.01. The van der Waals surface area contributed by atoms with Gasteiger partial charge in [-0.2, -0.15) is 0 Å². The van der Waals surface area contributed by atoms with E-state index < -0.39 is 0 Å². The van der Waals surface area contributed by atoms with Crippen molar-refractivity contribution in [3.63, 3.8) is 0 Å². The predicted molar refractivity (Wildman–Crippen MR) is 73.7 cm³/mol. The number of ether oxygens (including phenoxy) is 1. The normalized spacial score (nSPS) is 10.1. The Balaban J connectivity index is 2.41. The molecule has 0 aliphatic rings. The average Bonchev–Trinajstić information content (AvgIpc) is 2.41. The molecule has 0 saturated heterocycles. The number of methoxy groups -OCH3 is 1. The van der Waals surface area contributed by atoms with E-state index in [0.29, 0.717) is 22.7 Å². The number of benzene rings is 1. The van der Waals surface area contributed by atoms with Gasteiger partial charge < -0.3 is 10.1 Å². The van der Waals surface area contributed by atoms with Crippen LogP contribution in [0.2, 0.25) is 10.2 Å². The van der Waals surface area contributed by atoms with Gasteiger partial charge in [-0.25, -0.2) is 9.97 Å². The fourth-order valence-electron chi connectivity index (χ4n) is 1.43. The molecule has 1 aromatic carbocycles. The van der Waals surface area contributed by atoms with Crippen molar-refractivity contribution in [1.29, 1.82) is 0 Å². The van der Waals surface area contributed by atoms with Gasteiger partial charge >= 0.3 is 0 Å². The van der Waals surface area contributed by atoms with Crippen LogP contribution < -0.4 is 10.1 Å². The Morgan fingerprint density at radius 2 is 2.11 bits per heavy atom. The number of aldehydes is 1. The summed E-state index contributed by atoms with van der Waals surface area (Å²) in [6, 6.07) is 5.08. The second kappa shape index (κ2) is 5.86. The van der Waals surface area contributed by atoms with Crippen LogP contribution in [0.4, 0.5) is 11.5 Å². The van der Waals surface area contributed by atoms with Crippen molar-refractivity contribution in [2.45, 2.75) is 0 Å². The number of anilines is 2. The molecule has 0 bridgehead atoms. The summed E-state index contributed by atoms with van der Waals surface area (Å²) >= 11 is 11.9. The highest BCUT2D eigenvalue weighted by molar-refractivity contribution is 6.33. The van der Waals surface area contributed by atoms with Crippen molar-refractivity contribution in [3.05, 3.63) is 40.3 Å². The first-order valence-electron chi connectivity index (χ1n) is 5.22. The summed E-state index contributed by atoms with van der Waals surface area (Å²) in [5.41, 5.74) is 0.724. The molecule has 0 aliphatic carbocycles. The van der Waals surface area contributed by atoms with Crippen LogP contribution in [0, 0.1) is 0 Å². The molecule has 7 heteroatoms. The molecule has 0 atom stereocenters. The minimum atomic E-state index is 0.0755. The van der Waals surface area contributed by atoms with Gasteiger partial charge in [0.15, 0.2) is 6.29 Å². The molecule has 0 fully saturated rings. The number of carbonyl (C=O) groups is 1. The first-order chi connectivity index (χ1) is 9.15. The molecule has 0 aliphatic heterocycles. The Morgan fingerprint density at radius 3 is 2.79 bits per heavy atom. The van der Waals surface area contributed by atoms with Gasteiger partial charge in [-0.3, -0.25) is 4.79 Å². The van der Waals surface area contributed by atoms with Crippen LogP contribution in [0.1, 0.15) is 10.4 Å². The molecule has 2 rings (SSSR count). The number of hydrogen-bond donors (Lipinski definition) is 1. The molecular formula is C12H9Cl2N3O2. The smallest absolute Gasteiger partial charge is 0.156 e. The lowest BCUT2D eigenvalue weighted by atomic mass is 10.2. The van der Waals surface area contributed by atoms with Crippen molar-refractivity contribution in [2.75, 3.05) is 12.4 Å². The number of rotatable bonds is 4. The Labute approximate surface area is 119 Å². The summed E-state index contributed by atoms with van der Waals surface area (Å²) in [4.78, 5) is 18.7. The Bertz CT molecular complexity index is 620. The maximum Gasteiger partial charge on any atom is 0.156 e. The Morgan fingerprint density at radius 1 is 1.32 bits per heavy atom. The minimum Gasteiger partial charge on any atom is -0.497 e. The number of carbonyl (C=O) groups excluding carboxylic acids is 1.